The molecule has 3 nitrogen and oxygen atoms in total. The fourth-order valence-corrected chi connectivity index (χ4v) is 2.18. The largest absolute Gasteiger partial charge is 0.324 e. The lowest BCUT2D eigenvalue weighted by Crippen LogP contribution is -2.03. The van der Waals surface area contributed by atoms with Crippen molar-refractivity contribution in [2.45, 2.75) is 33.7 Å². The van der Waals surface area contributed by atoms with E-state index in [2.05, 4.69) is 21.8 Å². The van der Waals surface area contributed by atoms with E-state index in [0.717, 1.165) is 40.9 Å². The van der Waals surface area contributed by atoms with Crippen LogP contribution in [-0.2, 0) is 6.54 Å². The third-order valence-corrected chi connectivity index (χ3v) is 3.05. The Kier molecular flexibility index (Phi) is 3.92. The highest BCUT2D eigenvalue weighted by Crippen LogP contribution is 2.26. The van der Waals surface area contributed by atoms with Crippen molar-refractivity contribution in [1.29, 1.82) is 0 Å². The molecule has 4 heteroatoms. The number of aryl methyl sites for hydroxylation is 3. The van der Waals surface area contributed by atoms with Gasteiger partial charge in [-0.25, -0.2) is 4.98 Å². The molecule has 0 aliphatic rings. The van der Waals surface area contributed by atoms with Crippen molar-refractivity contribution in [2.24, 2.45) is 0 Å². The highest BCUT2D eigenvalue weighted by molar-refractivity contribution is 6.33. The molecule has 0 spiro atoms. The third-order valence-electron chi connectivity index (χ3n) is 2.73. The van der Waals surface area contributed by atoms with Crippen LogP contribution in [0.4, 0.5) is 11.6 Å². The fourth-order valence-electron chi connectivity index (χ4n) is 1.90. The second kappa shape index (κ2) is 5.44. The van der Waals surface area contributed by atoms with E-state index in [-0.39, 0.29) is 0 Å². The molecule has 0 saturated heterocycles. The molecule has 0 amide bonds. The van der Waals surface area contributed by atoms with Crippen molar-refractivity contribution in [3.05, 3.63) is 40.7 Å². The Labute approximate surface area is 113 Å². The van der Waals surface area contributed by atoms with Gasteiger partial charge in [0.2, 0.25) is 5.95 Å². The molecular weight excluding hydrogens is 246 g/mol. The van der Waals surface area contributed by atoms with Crippen molar-refractivity contribution < 1.29 is 0 Å². The Hall–Kier alpha value is -1.48. The lowest BCUT2D eigenvalue weighted by molar-refractivity contribution is 0.686. The molecule has 2 aromatic rings. The SMILES string of the molecule is CCCn1cc(C)nc1Nc1ccc(C)cc1Cl. The summed E-state index contributed by atoms with van der Waals surface area (Å²) in [6, 6.07) is 5.97. The summed E-state index contributed by atoms with van der Waals surface area (Å²) in [5, 5.41) is 4.01. The summed E-state index contributed by atoms with van der Waals surface area (Å²) < 4.78 is 2.12. The highest BCUT2D eigenvalue weighted by Gasteiger charge is 2.07. The van der Waals surface area contributed by atoms with E-state index < -0.39 is 0 Å². The van der Waals surface area contributed by atoms with Crippen molar-refractivity contribution >= 4 is 23.2 Å². The summed E-state index contributed by atoms with van der Waals surface area (Å²) in [5.41, 5.74) is 3.05. The van der Waals surface area contributed by atoms with Gasteiger partial charge in [-0.15, -0.1) is 0 Å². The van der Waals surface area contributed by atoms with Crippen molar-refractivity contribution in [3.8, 4) is 0 Å². The summed E-state index contributed by atoms with van der Waals surface area (Å²) in [6.07, 6.45) is 3.13. The molecule has 0 radical (unpaired) electrons. The van der Waals surface area contributed by atoms with Gasteiger partial charge in [0.15, 0.2) is 0 Å². The van der Waals surface area contributed by atoms with Gasteiger partial charge in [-0.05, 0) is 38.0 Å². The van der Waals surface area contributed by atoms with Crippen molar-refractivity contribution in [2.75, 3.05) is 5.32 Å². The molecule has 0 saturated carbocycles. The maximum Gasteiger partial charge on any atom is 0.207 e. The minimum atomic E-state index is 0.721. The number of aromatic nitrogens is 2. The van der Waals surface area contributed by atoms with Gasteiger partial charge >= 0.3 is 0 Å². The molecular formula is C14H18ClN3. The predicted molar refractivity (Wildman–Crippen MR) is 76.7 cm³/mol. The predicted octanol–water partition coefficient (Wildman–Crippen LogP) is 4.31. The Morgan fingerprint density at radius 2 is 2.11 bits per heavy atom. The van der Waals surface area contributed by atoms with Crippen LogP contribution in [-0.4, -0.2) is 9.55 Å². The van der Waals surface area contributed by atoms with Gasteiger partial charge in [0.05, 0.1) is 16.4 Å². The number of hydrogen-bond donors (Lipinski definition) is 1. The molecule has 96 valence electrons. The van der Waals surface area contributed by atoms with E-state index in [0.29, 0.717) is 0 Å². The first-order valence-corrected chi connectivity index (χ1v) is 6.55. The van der Waals surface area contributed by atoms with Gasteiger partial charge in [0, 0.05) is 12.7 Å². The lowest BCUT2D eigenvalue weighted by atomic mass is 10.2. The first kappa shape index (κ1) is 13.0. The number of anilines is 2. The van der Waals surface area contributed by atoms with Crippen LogP contribution in [0.1, 0.15) is 24.6 Å². The zero-order valence-electron chi connectivity index (χ0n) is 11.0. The molecule has 0 atom stereocenters. The minimum absolute atomic E-state index is 0.721. The molecule has 1 aromatic carbocycles. The standard InChI is InChI=1S/C14H18ClN3/c1-4-7-18-9-11(3)16-14(18)17-13-6-5-10(2)8-12(13)15/h5-6,8-9H,4,7H2,1-3H3,(H,16,17). The summed E-state index contributed by atoms with van der Waals surface area (Å²) >= 11 is 6.22. The Morgan fingerprint density at radius 3 is 2.78 bits per heavy atom. The first-order valence-electron chi connectivity index (χ1n) is 6.17. The number of imidazole rings is 1. The normalized spacial score (nSPS) is 10.7. The summed E-state index contributed by atoms with van der Waals surface area (Å²) in [5.74, 6) is 0.847. The monoisotopic (exact) mass is 263 g/mol. The molecule has 2 rings (SSSR count). The maximum absolute atomic E-state index is 6.22. The van der Waals surface area contributed by atoms with Gasteiger partial charge in [-0.2, -0.15) is 0 Å². The van der Waals surface area contributed by atoms with Gasteiger partial charge in [0.1, 0.15) is 0 Å². The van der Waals surface area contributed by atoms with Crippen LogP contribution in [0.2, 0.25) is 5.02 Å². The van der Waals surface area contributed by atoms with Crippen LogP contribution in [0.25, 0.3) is 0 Å². The second-order valence-corrected chi connectivity index (χ2v) is 4.91. The number of nitrogens with one attached hydrogen (secondary N) is 1. The number of nitrogens with zero attached hydrogens (tertiary/aromatic N) is 2. The smallest absolute Gasteiger partial charge is 0.207 e. The van der Waals surface area contributed by atoms with E-state index in [1.807, 2.05) is 38.2 Å². The number of rotatable bonds is 4. The van der Waals surface area contributed by atoms with Crippen LogP contribution in [0.3, 0.4) is 0 Å². The zero-order valence-corrected chi connectivity index (χ0v) is 11.8. The molecule has 18 heavy (non-hydrogen) atoms. The van der Waals surface area contributed by atoms with Crippen LogP contribution >= 0.6 is 11.6 Å². The topological polar surface area (TPSA) is 29.9 Å². The molecule has 0 fully saturated rings. The molecule has 0 aliphatic carbocycles. The Bertz CT molecular complexity index is 546. The molecule has 1 N–H and O–H groups in total. The maximum atomic E-state index is 6.22. The van der Waals surface area contributed by atoms with Crippen LogP contribution in [0.5, 0.6) is 0 Å². The highest BCUT2D eigenvalue weighted by atomic mass is 35.5. The first-order chi connectivity index (χ1) is 8.60. The Morgan fingerprint density at radius 1 is 1.33 bits per heavy atom. The van der Waals surface area contributed by atoms with Crippen LogP contribution in [0, 0.1) is 13.8 Å². The van der Waals surface area contributed by atoms with Gasteiger partial charge in [-0.3, -0.25) is 0 Å². The average Bonchev–Trinajstić information content (AvgIpc) is 2.64. The number of benzene rings is 1. The quantitative estimate of drug-likeness (QED) is 0.891. The number of hydrogen-bond acceptors (Lipinski definition) is 2. The van der Waals surface area contributed by atoms with Gasteiger partial charge in [-0.1, -0.05) is 24.6 Å². The summed E-state index contributed by atoms with van der Waals surface area (Å²) in [7, 11) is 0. The Balaban J connectivity index is 2.27. The van der Waals surface area contributed by atoms with Gasteiger partial charge < -0.3 is 9.88 Å². The van der Waals surface area contributed by atoms with E-state index in [1.165, 1.54) is 0 Å². The molecule has 1 aromatic heterocycles. The molecule has 0 aliphatic heterocycles. The van der Waals surface area contributed by atoms with Crippen molar-refractivity contribution in [3.63, 3.8) is 0 Å². The molecule has 0 bridgehead atoms. The van der Waals surface area contributed by atoms with E-state index in [9.17, 15) is 0 Å². The van der Waals surface area contributed by atoms with Crippen molar-refractivity contribution in [1.82, 2.24) is 9.55 Å². The number of halogens is 1. The van der Waals surface area contributed by atoms with Crippen LogP contribution in [0.15, 0.2) is 24.4 Å². The van der Waals surface area contributed by atoms with Gasteiger partial charge in [0.25, 0.3) is 0 Å². The van der Waals surface area contributed by atoms with Crippen LogP contribution < -0.4 is 5.32 Å². The third kappa shape index (κ3) is 2.85. The molecule has 1 heterocycles. The van der Waals surface area contributed by atoms with E-state index in [1.54, 1.807) is 0 Å². The van der Waals surface area contributed by atoms with E-state index >= 15 is 0 Å². The average molecular weight is 264 g/mol. The summed E-state index contributed by atoms with van der Waals surface area (Å²) in [6.45, 7) is 7.12. The minimum Gasteiger partial charge on any atom is -0.324 e. The zero-order chi connectivity index (χ0) is 13.1. The second-order valence-electron chi connectivity index (χ2n) is 4.51. The van der Waals surface area contributed by atoms with E-state index in [4.69, 9.17) is 11.6 Å². The molecule has 0 unspecified atom stereocenters. The fraction of sp³-hybridized carbons (Fsp3) is 0.357. The lowest BCUT2D eigenvalue weighted by Gasteiger charge is -2.10. The summed E-state index contributed by atoms with van der Waals surface area (Å²) in [4.78, 5) is 4.48.